The number of carboxylic acid groups (broad SMARTS) is 1. The quantitative estimate of drug-likeness (QED) is 0.724. The molecule has 1 aromatic rings. The lowest BCUT2D eigenvalue weighted by atomic mass is 10.1. The molecule has 1 rings (SSSR count). The highest BCUT2D eigenvalue weighted by atomic mass is 16.5. The van der Waals surface area contributed by atoms with Crippen LogP contribution in [0.3, 0.4) is 0 Å². The van der Waals surface area contributed by atoms with E-state index in [2.05, 4.69) is 0 Å². The maximum absolute atomic E-state index is 10.5. The monoisotopic (exact) mass is 213 g/mol. The van der Waals surface area contributed by atoms with Crippen molar-refractivity contribution < 1.29 is 20.1 Å². The summed E-state index contributed by atoms with van der Waals surface area (Å²) < 4.78 is 5.01. The van der Waals surface area contributed by atoms with Crippen LogP contribution >= 0.6 is 0 Å². The van der Waals surface area contributed by atoms with Crippen LogP contribution in [0.1, 0.15) is 5.56 Å². The van der Waals surface area contributed by atoms with Gasteiger partial charge >= 0.3 is 5.97 Å². The fraction of sp³-hybridized carbons (Fsp3) is 0.300. The first-order valence-electron chi connectivity index (χ1n) is 4.25. The Hall–Kier alpha value is -1.59. The Kier molecular flexibility index (Phi) is 5.36. The zero-order chi connectivity index (χ0) is 10.6. The molecule has 0 saturated carbocycles. The molecule has 0 heterocycles. The van der Waals surface area contributed by atoms with Crippen LogP contribution in [0, 0.1) is 0 Å². The molecule has 0 aliphatic heterocycles. The van der Waals surface area contributed by atoms with Gasteiger partial charge in [0.1, 0.15) is 11.8 Å². The number of ether oxygens (including phenoxy) is 1. The van der Waals surface area contributed by atoms with E-state index in [1.807, 2.05) is 12.1 Å². The van der Waals surface area contributed by atoms with E-state index in [4.69, 9.17) is 15.6 Å². The average molecular weight is 213 g/mol. The zero-order valence-corrected chi connectivity index (χ0v) is 8.43. The number of carboxylic acids is 1. The van der Waals surface area contributed by atoms with Gasteiger partial charge in [-0.25, -0.2) is 0 Å². The summed E-state index contributed by atoms with van der Waals surface area (Å²) in [6.45, 7) is 0. The van der Waals surface area contributed by atoms with Crippen molar-refractivity contribution in [1.82, 2.24) is 0 Å². The van der Waals surface area contributed by atoms with Crippen LogP contribution in [0.25, 0.3) is 0 Å². The second kappa shape index (κ2) is 6.00. The standard InChI is InChI=1S/C10H13NO3.H2O/c1-14-8-4-2-3-7(5-8)6-9(11)10(12)13;/h2-5,9H,6,11H2,1H3,(H,12,13);1H2/t9-;/m1./s1. The molecule has 5 heteroatoms. The maximum Gasteiger partial charge on any atom is 0.320 e. The molecule has 0 unspecified atom stereocenters. The number of methoxy groups -OCH3 is 1. The van der Waals surface area contributed by atoms with Crippen molar-refractivity contribution in [1.29, 1.82) is 0 Å². The van der Waals surface area contributed by atoms with Gasteiger partial charge in [-0.05, 0) is 24.1 Å². The van der Waals surface area contributed by atoms with Crippen molar-refractivity contribution in [3.8, 4) is 5.75 Å². The smallest absolute Gasteiger partial charge is 0.320 e. The number of carbonyl (C=O) groups is 1. The highest BCUT2D eigenvalue weighted by Gasteiger charge is 2.11. The summed E-state index contributed by atoms with van der Waals surface area (Å²) in [7, 11) is 1.57. The largest absolute Gasteiger partial charge is 0.497 e. The molecule has 0 radical (unpaired) electrons. The van der Waals surface area contributed by atoms with Gasteiger partial charge in [-0.15, -0.1) is 0 Å². The lowest BCUT2D eigenvalue weighted by Gasteiger charge is -2.07. The van der Waals surface area contributed by atoms with E-state index >= 15 is 0 Å². The Morgan fingerprint density at radius 2 is 2.27 bits per heavy atom. The molecule has 0 saturated heterocycles. The van der Waals surface area contributed by atoms with E-state index < -0.39 is 12.0 Å². The second-order valence-electron chi connectivity index (χ2n) is 3.00. The Balaban J connectivity index is 0.00000196. The van der Waals surface area contributed by atoms with Gasteiger partial charge in [-0.2, -0.15) is 0 Å². The first-order valence-corrected chi connectivity index (χ1v) is 4.25. The van der Waals surface area contributed by atoms with Crippen LogP contribution in [0.5, 0.6) is 5.75 Å². The lowest BCUT2D eigenvalue weighted by molar-refractivity contribution is -0.138. The van der Waals surface area contributed by atoms with Crippen LogP contribution in [0.2, 0.25) is 0 Å². The Morgan fingerprint density at radius 1 is 1.60 bits per heavy atom. The topological polar surface area (TPSA) is 104 Å². The van der Waals surface area contributed by atoms with Crippen molar-refractivity contribution in [2.75, 3.05) is 7.11 Å². The molecule has 0 bridgehead atoms. The highest BCUT2D eigenvalue weighted by Crippen LogP contribution is 2.13. The van der Waals surface area contributed by atoms with E-state index in [1.54, 1.807) is 19.2 Å². The number of benzene rings is 1. The summed E-state index contributed by atoms with van der Waals surface area (Å²) >= 11 is 0. The number of nitrogens with two attached hydrogens (primary N) is 1. The molecule has 0 fully saturated rings. The summed E-state index contributed by atoms with van der Waals surface area (Å²) in [6.07, 6.45) is 0.312. The Morgan fingerprint density at radius 3 is 2.80 bits per heavy atom. The SMILES string of the molecule is COc1cccc(C[C@@H](N)C(=O)O)c1.O. The molecular weight excluding hydrogens is 198 g/mol. The van der Waals surface area contributed by atoms with Crippen molar-refractivity contribution >= 4 is 5.97 Å². The molecule has 0 spiro atoms. The molecule has 1 aromatic carbocycles. The molecule has 5 nitrogen and oxygen atoms in total. The molecule has 0 aromatic heterocycles. The molecule has 1 atom stereocenters. The van der Waals surface area contributed by atoms with Gasteiger partial charge < -0.3 is 21.1 Å². The molecule has 84 valence electrons. The van der Waals surface area contributed by atoms with E-state index in [-0.39, 0.29) is 5.48 Å². The van der Waals surface area contributed by atoms with Crippen LogP contribution in [0.4, 0.5) is 0 Å². The third kappa shape index (κ3) is 3.97. The molecule has 0 aliphatic carbocycles. The van der Waals surface area contributed by atoms with E-state index in [0.717, 1.165) is 5.56 Å². The first-order chi connectivity index (χ1) is 6.63. The van der Waals surface area contributed by atoms with Crippen molar-refractivity contribution in [2.24, 2.45) is 5.73 Å². The summed E-state index contributed by atoms with van der Waals surface area (Å²) in [5.74, 6) is -0.284. The highest BCUT2D eigenvalue weighted by molar-refractivity contribution is 5.73. The van der Waals surface area contributed by atoms with Gasteiger partial charge in [-0.1, -0.05) is 12.1 Å². The summed E-state index contributed by atoms with van der Waals surface area (Å²) in [4.78, 5) is 10.5. The molecule has 0 aliphatic rings. The zero-order valence-electron chi connectivity index (χ0n) is 8.43. The van der Waals surface area contributed by atoms with Crippen LogP contribution < -0.4 is 10.5 Å². The van der Waals surface area contributed by atoms with Gasteiger partial charge in [0.2, 0.25) is 0 Å². The van der Waals surface area contributed by atoms with Crippen LogP contribution in [-0.2, 0) is 11.2 Å². The molecule has 5 N–H and O–H groups in total. The van der Waals surface area contributed by atoms with Gasteiger partial charge in [0.05, 0.1) is 7.11 Å². The first kappa shape index (κ1) is 13.4. The predicted molar refractivity (Wildman–Crippen MR) is 55.9 cm³/mol. The van der Waals surface area contributed by atoms with Crippen molar-refractivity contribution in [3.63, 3.8) is 0 Å². The minimum Gasteiger partial charge on any atom is -0.497 e. The van der Waals surface area contributed by atoms with Crippen molar-refractivity contribution in [3.05, 3.63) is 29.8 Å². The third-order valence-corrected chi connectivity index (χ3v) is 1.91. The minimum atomic E-state index is -0.993. The van der Waals surface area contributed by atoms with E-state index in [9.17, 15) is 4.79 Å². The second-order valence-corrected chi connectivity index (χ2v) is 3.00. The normalized spacial score (nSPS) is 11.3. The summed E-state index contributed by atoms with van der Waals surface area (Å²) in [6, 6.07) is 6.36. The van der Waals surface area contributed by atoms with Gasteiger partial charge in [-0.3, -0.25) is 4.79 Å². The van der Waals surface area contributed by atoms with Gasteiger partial charge in [0.15, 0.2) is 0 Å². The molecular formula is C10H15NO4. The fourth-order valence-electron chi connectivity index (χ4n) is 1.14. The van der Waals surface area contributed by atoms with E-state index in [1.165, 1.54) is 0 Å². The Labute approximate surface area is 87.8 Å². The number of aliphatic carboxylic acids is 1. The Bertz CT molecular complexity index is 327. The van der Waals surface area contributed by atoms with Crippen LogP contribution in [0.15, 0.2) is 24.3 Å². The predicted octanol–water partition coefficient (Wildman–Crippen LogP) is -0.175. The van der Waals surface area contributed by atoms with Crippen molar-refractivity contribution in [2.45, 2.75) is 12.5 Å². The fourth-order valence-corrected chi connectivity index (χ4v) is 1.14. The number of rotatable bonds is 4. The lowest BCUT2D eigenvalue weighted by Crippen LogP contribution is -2.32. The average Bonchev–Trinajstić information content (AvgIpc) is 2.18. The van der Waals surface area contributed by atoms with Crippen LogP contribution in [-0.4, -0.2) is 29.7 Å². The van der Waals surface area contributed by atoms with E-state index in [0.29, 0.717) is 12.2 Å². The summed E-state index contributed by atoms with van der Waals surface area (Å²) in [5, 5.41) is 8.61. The van der Waals surface area contributed by atoms with Gasteiger partial charge in [0, 0.05) is 0 Å². The minimum absolute atomic E-state index is 0. The van der Waals surface area contributed by atoms with Gasteiger partial charge in [0.25, 0.3) is 0 Å². The maximum atomic E-state index is 10.5. The third-order valence-electron chi connectivity index (χ3n) is 1.91. The number of hydrogen-bond donors (Lipinski definition) is 2. The molecule has 15 heavy (non-hydrogen) atoms. The number of hydrogen-bond acceptors (Lipinski definition) is 3. The molecule has 0 amide bonds. The summed E-state index contributed by atoms with van der Waals surface area (Å²) in [5.41, 5.74) is 6.26.